The van der Waals surface area contributed by atoms with Crippen molar-refractivity contribution in [2.24, 2.45) is 4.99 Å². The van der Waals surface area contributed by atoms with Crippen molar-refractivity contribution in [3.8, 4) is 5.75 Å². The summed E-state index contributed by atoms with van der Waals surface area (Å²) in [7, 11) is 1.70. The van der Waals surface area contributed by atoms with Gasteiger partial charge in [0.05, 0.1) is 13.7 Å². The Hall–Kier alpha value is -1.36. The molecule has 2 N–H and O–H groups in total. The number of guanidine groups is 1. The minimum atomic E-state index is -0.0459. The van der Waals surface area contributed by atoms with Gasteiger partial charge >= 0.3 is 0 Å². The van der Waals surface area contributed by atoms with Gasteiger partial charge in [0.15, 0.2) is 5.96 Å². The highest BCUT2D eigenvalue weighted by molar-refractivity contribution is 7.98. The maximum absolute atomic E-state index is 5.34. The third-order valence-electron chi connectivity index (χ3n) is 3.90. The molecule has 4 nitrogen and oxygen atoms in total. The van der Waals surface area contributed by atoms with Crippen LogP contribution in [0.4, 0.5) is 0 Å². The Balaban J connectivity index is 2.65. The number of nitrogens with one attached hydrogen (secondary N) is 2. The highest BCUT2D eigenvalue weighted by Gasteiger charge is 2.21. The molecule has 1 aromatic carbocycles. The lowest BCUT2D eigenvalue weighted by Gasteiger charge is -2.24. The predicted molar refractivity (Wildman–Crippen MR) is 108 cm³/mol. The van der Waals surface area contributed by atoms with Crippen molar-refractivity contribution < 1.29 is 4.74 Å². The number of aliphatic imine (C=N–C) groups is 1. The molecule has 0 bridgehead atoms. The molecule has 1 rings (SSSR count). The van der Waals surface area contributed by atoms with E-state index in [0.29, 0.717) is 0 Å². The third-order valence-corrected chi connectivity index (χ3v) is 4.59. The van der Waals surface area contributed by atoms with Crippen molar-refractivity contribution in [1.29, 1.82) is 0 Å². The van der Waals surface area contributed by atoms with Crippen LogP contribution in [0.2, 0.25) is 0 Å². The largest absolute Gasteiger partial charge is 0.497 e. The van der Waals surface area contributed by atoms with Gasteiger partial charge < -0.3 is 15.4 Å². The number of ether oxygens (including phenoxy) is 1. The molecule has 0 aliphatic carbocycles. The molecule has 1 aromatic rings. The molecule has 0 radical (unpaired) electrons. The van der Waals surface area contributed by atoms with Crippen molar-refractivity contribution >= 4 is 17.7 Å². The van der Waals surface area contributed by atoms with Crippen molar-refractivity contribution in [3.05, 3.63) is 29.8 Å². The maximum atomic E-state index is 5.34. The Morgan fingerprint density at radius 2 is 2.04 bits per heavy atom. The SMILES string of the molecule is CCNC(=NCC(C)(C)c1cccc(OC)c1)NCCCCSC. The highest BCUT2D eigenvalue weighted by Crippen LogP contribution is 2.26. The molecule has 24 heavy (non-hydrogen) atoms. The summed E-state index contributed by atoms with van der Waals surface area (Å²) in [6.45, 7) is 9.08. The van der Waals surface area contributed by atoms with E-state index >= 15 is 0 Å². The van der Waals surface area contributed by atoms with Crippen LogP contribution in [0, 0.1) is 0 Å². The zero-order valence-corrected chi connectivity index (χ0v) is 16.6. The zero-order chi connectivity index (χ0) is 17.8. The Morgan fingerprint density at radius 1 is 1.25 bits per heavy atom. The lowest BCUT2D eigenvalue weighted by Crippen LogP contribution is -2.39. The van der Waals surface area contributed by atoms with Gasteiger partial charge in [0.1, 0.15) is 5.75 Å². The molecule has 0 amide bonds. The molecular weight excluding hydrogens is 318 g/mol. The van der Waals surface area contributed by atoms with Crippen LogP contribution in [0.5, 0.6) is 5.75 Å². The van der Waals surface area contributed by atoms with Crippen LogP contribution in [0.1, 0.15) is 39.2 Å². The van der Waals surface area contributed by atoms with E-state index in [1.807, 2.05) is 23.9 Å². The number of hydrogen-bond donors (Lipinski definition) is 2. The van der Waals surface area contributed by atoms with Gasteiger partial charge in [-0.1, -0.05) is 26.0 Å². The molecule has 0 fully saturated rings. The van der Waals surface area contributed by atoms with Gasteiger partial charge in [0.25, 0.3) is 0 Å². The van der Waals surface area contributed by atoms with Gasteiger partial charge in [-0.05, 0) is 49.5 Å². The first kappa shape index (κ1) is 20.7. The standard InChI is InChI=1S/C19H33N3OS/c1-6-20-18(21-12-7-8-13-24-5)22-15-19(2,3)16-10-9-11-17(14-16)23-4/h9-11,14H,6-8,12-13,15H2,1-5H3,(H2,20,21,22). The van der Waals surface area contributed by atoms with E-state index in [1.54, 1.807) is 7.11 Å². The van der Waals surface area contributed by atoms with Crippen molar-refractivity contribution in [2.45, 2.75) is 39.0 Å². The molecule has 0 aliphatic rings. The van der Waals surface area contributed by atoms with Crippen LogP contribution in [-0.2, 0) is 5.41 Å². The predicted octanol–water partition coefficient (Wildman–Crippen LogP) is 3.67. The minimum Gasteiger partial charge on any atom is -0.497 e. The zero-order valence-electron chi connectivity index (χ0n) is 15.8. The smallest absolute Gasteiger partial charge is 0.191 e. The van der Waals surface area contributed by atoms with E-state index in [0.717, 1.165) is 31.3 Å². The van der Waals surface area contributed by atoms with Gasteiger partial charge in [-0.15, -0.1) is 0 Å². The van der Waals surface area contributed by atoms with E-state index in [4.69, 9.17) is 9.73 Å². The lowest BCUT2D eigenvalue weighted by atomic mass is 9.85. The van der Waals surface area contributed by atoms with Gasteiger partial charge in [0.2, 0.25) is 0 Å². The second kappa shape index (κ2) is 11.2. The van der Waals surface area contributed by atoms with E-state index in [9.17, 15) is 0 Å². The highest BCUT2D eigenvalue weighted by atomic mass is 32.2. The van der Waals surface area contributed by atoms with Crippen molar-refractivity contribution in [3.63, 3.8) is 0 Å². The van der Waals surface area contributed by atoms with Gasteiger partial charge in [0, 0.05) is 18.5 Å². The van der Waals surface area contributed by atoms with Gasteiger partial charge in [-0.2, -0.15) is 11.8 Å². The Bertz CT molecular complexity index is 503. The van der Waals surface area contributed by atoms with Crippen LogP contribution >= 0.6 is 11.8 Å². The molecule has 0 saturated heterocycles. The van der Waals surface area contributed by atoms with Crippen molar-refractivity contribution in [1.82, 2.24) is 10.6 Å². The van der Waals surface area contributed by atoms with Crippen LogP contribution < -0.4 is 15.4 Å². The number of methoxy groups -OCH3 is 1. The summed E-state index contributed by atoms with van der Waals surface area (Å²) in [6.07, 6.45) is 4.56. The van der Waals surface area contributed by atoms with Crippen LogP contribution in [0.15, 0.2) is 29.3 Å². The summed E-state index contributed by atoms with van der Waals surface area (Å²) in [4.78, 5) is 4.78. The molecule has 0 aliphatic heterocycles. The topological polar surface area (TPSA) is 45.7 Å². The summed E-state index contributed by atoms with van der Waals surface area (Å²) >= 11 is 1.90. The number of unbranched alkanes of at least 4 members (excludes halogenated alkanes) is 1. The van der Waals surface area contributed by atoms with Crippen molar-refractivity contribution in [2.75, 3.05) is 38.8 Å². The molecule has 0 aromatic heterocycles. The minimum absolute atomic E-state index is 0.0459. The number of nitrogens with zero attached hydrogens (tertiary/aromatic N) is 1. The van der Waals surface area contributed by atoms with Crippen LogP contribution in [-0.4, -0.2) is 44.7 Å². The molecule has 0 spiro atoms. The number of rotatable bonds is 10. The summed E-state index contributed by atoms with van der Waals surface area (Å²) < 4.78 is 5.34. The molecule has 136 valence electrons. The Kier molecular flexibility index (Phi) is 9.69. The Morgan fingerprint density at radius 3 is 2.71 bits per heavy atom. The number of benzene rings is 1. The quantitative estimate of drug-likeness (QED) is 0.383. The summed E-state index contributed by atoms with van der Waals surface area (Å²) in [6, 6.07) is 8.25. The Labute approximate surface area is 151 Å². The van der Waals surface area contributed by atoms with E-state index in [2.05, 4.69) is 49.8 Å². The molecule has 5 heteroatoms. The van der Waals surface area contributed by atoms with Crippen LogP contribution in [0.3, 0.4) is 0 Å². The average Bonchev–Trinajstić information content (AvgIpc) is 2.59. The lowest BCUT2D eigenvalue weighted by molar-refractivity contribution is 0.412. The first-order chi connectivity index (χ1) is 11.5. The monoisotopic (exact) mass is 351 g/mol. The first-order valence-electron chi connectivity index (χ1n) is 8.69. The molecule has 0 saturated carbocycles. The van der Waals surface area contributed by atoms with Gasteiger partial charge in [-0.25, -0.2) is 0 Å². The second-order valence-corrected chi connectivity index (χ2v) is 7.42. The van der Waals surface area contributed by atoms with E-state index in [1.165, 1.54) is 24.2 Å². The number of hydrogen-bond acceptors (Lipinski definition) is 3. The van der Waals surface area contributed by atoms with E-state index < -0.39 is 0 Å². The molecule has 0 unspecified atom stereocenters. The average molecular weight is 352 g/mol. The fourth-order valence-electron chi connectivity index (χ4n) is 2.33. The second-order valence-electron chi connectivity index (χ2n) is 6.44. The first-order valence-corrected chi connectivity index (χ1v) is 10.1. The fraction of sp³-hybridized carbons (Fsp3) is 0.632. The maximum Gasteiger partial charge on any atom is 0.191 e. The molecule has 0 atom stereocenters. The summed E-state index contributed by atoms with van der Waals surface area (Å²) in [5.41, 5.74) is 1.19. The normalized spacial score (nSPS) is 12.1. The fourth-order valence-corrected chi connectivity index (χ4v) is 2.82. The third kappa shape index (κ3) is 7.47. The van der Waals surface area contributed by atoms with Crippen LogP contribution in [0.25, 0.3) is 0 Å². The number of thioether (sulfide) groups is 1. The molecule has 0 heterocycles. The summed E-state index contributed by atoms with van der Waals surface area (Å²) in [5.74, 6) is 3.01. The van der Waals surface area contributed by atoms with E-state index in [-0.39, 0.29) is 5.41 Å². The van der Waals surface area contributed by atoms with Gasteiger partial charge in [-0.3, -0.25) is 4.99 Å². The molecular formula is C19H33N3OS. The summed E-state index contributed by atoms with van der Waals surface area (Å²) in [5, 5.41) is 6.76.